The zero-order chi connectivity index (χ0) is 24.1. The predicted molar refractivity (Wildman–Crippen MR) is 131 cm³/mol. The van der Waals surface area contributed by atoms with Crippen LogP contribution in [0.1, 0.15) is 41.6 Å². The SMILES string of the molecule is Cc1ccc(NC(=O)Cn2c3ccc(C)cc3c3ncn(Cc4nc(C5CC5)no4)c(=O)c32)cc1. The fraction of sp³-hybridized carbons (Fsp3) is 0.269. The molecule has 1 saturated carbocycles. The zero-order valence-electron chi connectivity index (χ0n) is 19.5. The molecule has 0 aliphatic heterocycles. The topological polar surface area (TPSA) is 108 Å². The molecule has 9 heteroatoms. The highest BCUT2D eigenvalue weighted by atomic mass is 16.5. The fourth-order valence-electron chi connectivity index (χ4n) is 4.36. The Labute approximate surface area is 200 Å². The van der Waals surface area contributed by atoms with Gasteiger partial charge < -0.3 is 14.4 Å². The number of hydrogen-bond acceptors (Lipinski definition) is 6. The number of benzene rings is 2. The third-order valence-electron chi connectivity index (χ3n) is 6.35. The first kappa shape index (κ1) is 21.3. The fourth-order valence-corrected chi connectivity index (χ4v) is 4.36. The molecule has 3 aromatic heterocycles. The number of carbonyl (C=O) groups excluding carboxylic acids is 1. The molecule has 1 N–H and O–H groups in total. The quantitative estimate of drug-likeness (QED) is 0.405. The summed E-state index contributed by atoms with van der Waals surface area (Å²) in [7, 11) is 0. The van der Waals surface area contributed by atoms with E-state index in [2.05, 4.69) is 20.4 Å². The van der Waals surface area contributed by atoms with Crippen molar-refractivity contribution in [2.75, 3.05) is 5.32 Å². The van der Waals surface area contributed by atoms with Gasteiger partial charge in [0.25, 0.3) is 5.56 Å². The number of nitrogens with one attached hydrogen (secondary N) is 1. The Morgan fingerprint density at radius 3 is 2.66 bits per heavy atom. The van der Waals surface area contributed by atoms with Gasteiger partial charge in [0, 0.05) is 17.0 Å². The van der Waals surface area contributed by atoms with Gasteiger partial charge in [-0.1, -0.05) is 34.5 Å². The van der Waals surface area contributed by atoms with Crippen molar-refractivity contribution in [3.8, 4) is 0 Å². The first-order valence-electron chi connectivity index (χ1n) is 11.6. The number of anilines is 1. The summed E-state index contributed by atoms with van der Waals surface area (Å²) in [6.07, 6.45) is 3.64. The van der Waals surface area contributed by atoms with Crippen molar-refractivity contribution in [1.29, 1.82) is 0 Å². The third kappa shape index (κ3) is 3.99. The number of aromatic nitrogens is 5. The molecule has 0 radical (unpaired) electrons. The molecule has 35 heavy (non-hydrogen) atoms. The number of amides is 1. The summed E-state index contributed by atoms with van der Waals surface area (Å²) < 4.78 is 8.55. The number of hydrogen-bond donors (Lipinski definition) is 1. The van der Waals surface area contributed by atoms with Gasteiger partial charge in [0.2, 0.25) is 11.8 Å². The molecule has 9 nitrogen and oxygen atoms in total. The molecule has 0 spiro atoms. The molecule has 0 bridgehead atoms. The van der Waals surface area contributed by atoms with Crippen LogP contribution in [-0.4, -0.2) is 30.2 Å². The summed E-state index contributed by atoms with van der Waals surface area (Å²) in [4.78, 5) is 35.6. The molecule has 0 unspecified atom stereocenters. The summed E-state index contributed by atoms with van der Waals surface area (Å²) in [5, 5.41) is 7.79. The van der Waals surface area contributed by atoms with Crippen LogP contribution in [0.3, 0.4) is 0 Å². The van der Waals surface area contributed by atoms with E-state index in [4.69, 9.17) is 4.52 Å². The van der Waals surface area contributed by atoms with Gasteiger partial charge in [-0.15, -0.1) is 0 Å². The highest BCUT2D eigenvalue weighted by molar-refractivity contribution is 6.06. The van der Waals surface area contributed by atoms with E-state index in [-0.39, 0.29) is 24.6 Å². The van der Waals surface area contributed by atoms with E-state index in [0.717, 1.165) is 34.9 Å². The van der Waals surface area contributed by atoms with Crippen LogP contribution in [0.5, 0.6) is 0 Å². The molecule has 1 fully saturated rings. The Hall–Kier alpha value is -4.27. The third-order valence-corrected chi connectivity index (χ3v) is 6.35. The van der Waals surface area contributed by atoms with Gasteiger partial charge in [0.15, 0.2) is 5.82 Å². The Kier molecular flexibility index (Phi) is 4.98. The van der Waals surface area contributed by atoms with Crippen molar-refractivity contribution in [3.63, 3.8) is 0 Å². The number of rotatable bonds is 6. The van der Waals surface area contributed by atoms with Gasteiger partial charge in [-0.05, 0) is 51.0 Å². The van der Waals surface area contributed by atoms with Gasteiger partial charge in [0.05, 0.1) is 11.8 Å². The number of carbonyl (C=O) groups is 1. The molecular formula is C26H24N6O3. The average molecular weight is 469 g/mol. The van der Waals surface area contributed by atoms with E-state index in [1.165, 1.54) is 10.9 Å². The van der Waals surface area contributed by atoms with Crippen molar-refractivity contribution in [2.24, 2.45) is 0 Å². The van der Waals surface area contributed by atoms with Crippen LogP contribution in [0, 0.1) is 13.8 Å². The van der Waals surface area contributed by atoms with Crippen LogP contribution in [-0.2, 0) is 17.9 Å². The lowest BCUT2D eigenvalue weighted by atomic mass is 10.1. The van der Waals surface area contributed by atoms with Crippen LogP contribution < -0.4 is 10.9 Å². The lowest BCUT2D eigenvalue weighted by Gasteiger charge is -2.09. The molecule has 0 atom stereocenters. The molecule has 1 amide bonds. The number of aryl methyl sites for hydroxylation is 2. The van der Waals surface area contributed by atoms with E-state index < -0.39 is 0 Å². The Morgan fingerprint density at radius 2 is 1.89 bits per heavy atom. The molecular weight excluding hydrogens is 444 g/mol. The Morgan fingerprint density at radius 1 is 1.11 bits per heavy atom. The molecule has 176 valence electrons. The smallest absolute Gasteiger partial charge is 0.278 e. The first-order valence-corrected chi connectivity index (χ1v) is 11.6. The second-order valence-electron chi connectivity index (χ2n) is 9.22. The molecule has 0 saturated heterocycles. The van der Waals surface area contributed by atoms with Gasteiger partial charge in [0.1, 0.15) is 24.1 Å². The largest absolute Gasteiger partial charge is 0.337 e. The summed E-state index contributed by atoms with van der Waals surface area (Å²) >= 11 is 0. The highest BCUT2D eigenvalue weighted by Gasteiger charge is 2.29. The van der Waals surface area contributed by atoms with Crippen molar-refractivity contribution >= 4 is 33.5 Å². The lowest BCUT2D eigenvalue weighted by Crippen LogP contribution is -2.25. The summed E-state index contributed by atoms with van der Waals surface area (Å²) in [6, 6.07) is 13.5. The van der Waals surface area contributed by atoms with Crippen molar-refractivity contribution in [3.05, 3.63) is 82.0 Å². The van der Waals surface area contributed by atoms with Crippen molar-refractivity contribution < 1.29 is 9.32 Å². The van der Waals surface area contributed by atoms with E-state index in [1.807, 2.05) is 56.3 Å². The minimum Gasteiger partial charge on any atom is -0.337 e. The first-order chi connectivity index (χ1) is 17.0. The molecule has 2 aromatic carbocycles. The Bertz CT molecular complexity index is 1640. The van der Waals surface area contributed by atoms with E-state index in [1.54, 1.807) is 4.57 Å². The van der Waals surface area contributed by atoms with Crippen molar-refractivity contribution in [1.82, 2.24) is 24.3 Å². The molecule has 1 aliphatic carbocycles. The molecule has 1 aliphatic rings. The summed E-state index contributed by atoms with van der Waals surface area (Å²) in [6.45, 7) is 4.08. The molecule has 5 aromatic rings. The number of nitrogens with zero attached hydrogens (tertiary/aromatic N) is 5. The minimum absolute atomic E-state index is 0.0236. The maximum Gasteiger partial charge on any atom is 0.278 e. The van der Waals surface area contributed by atoms with Crippen molar-refractivity contribution in [2.45, 2.75) is 45.7 Å². The van der Waals surface area contributed by atoms with E-state index in [9.17, 15) is 9.59 Å². The summed E-state index contributed by atoms with van der Waals surface area (Å²) in [5.74, 6) is 1.20. The van der Waals surface area contributed by atoms with Gasteiger partial charge in [-0.25, -0.2) is 4.98 Å². The van der Waals surface area contributed by atoms with Crippen LogP contribution in [0.4, 0.5) is 5.69 Å². The van der Waals surface area contributed by atoms with Crippen LogP contribution >= 0.6 is 0 Å². The number of fused-ring (bicyclic) bond motifs is 3. The van der Waals surface area contributed by atoms with Gasteiger partial charge in [-0.3, -0.25) is 14.2 Å². The van der Waals surface area contributed by atoms with Crippen LogP contribution in [0.25, 0.3) is 21.9 Å². The maximum absolute atomic E-state index is 13.6. The average Bonchev–Trinajstić information content (AvgIpc) is 3.51. The maximum atomic E-state index is 13.6. The minimum atomic E-state index is -0.266. The lowest BCUT2D eigenvalue weighted by molar-refractivity contribution is -0.116. The standard InChI is InChI=1S/C26H24N6O3/c1-15-3-8-18(9-4-15)28-21(33)12-32-20-10-5-16(2)11-19(20)23-24(32)26(34)31(14-27-23)13-22-29-25(30-35-22)17-6-7-17/h3-5,8-11,14,17H,6-7,12-13H2,1-2H3,(H,28,33). The van der Waals surface area contributed by atoms with Gasteiger partial charge >= 0.3 is 0 Å². The molecule has 6 rings (SSSR count). The van der Waals surface area contributed by atoms with E-state index in [0.29, 0.717) is 34.4 Å². The van der Waals surface area contributed by atoms with Crippen LogP contribution in [0.15, 0.2) is 58.1 Å². The highest BCUT2D eigenvalue weighted by Crippen LogP contribution is 2.38. The van der Waals surface area contributed by atoms with Gasteiger partial charge in [-0.2, -0.15) is 4.98 Å². The predicted octanol–water partition coefficient (Wildman–Crippen LogP) is 3.92. The zero-order valence-corrected chi connectivity index (χ0v) is 19.5. The monoisotopic (exact) mass is 468 g/mol. The van der Waals surface area contributed by atoms with E-state index >= 15 is 0 Å². The second kappa shape index (κ2) is 8.19. The molecule has 3 heterocycles. The van der Waals surface area contributed by atoms with Crippen LogP contribution in [0.2, 0.25) is 0 Å². The Balaban J connectivity index is 1.40. The second-order valence-corrected chi connectivity index (χ2v) is 9.22. The normalized spacial score (nSPS) is 13.5. The summed E-state index contributed by atoms with van der Waals surface area (Å²) in [5.41, 5.74) is 4.31.